The average Bonchev–Trinajstić information content (AvgIpc) is 2.26. The fraction of sp³-hybridized carbons (Fsp3) is 0.889. The molecule has 1 heterocycles. The molecule has 0 spiro atoms. The van der Waals surface area contributed by atoms with Crippen LogP contribution in [0.3, 0.4) is 0 Å². The zero-order valence-electron chi connectivity index (χ0n) is 7.30. The number of unbranched alkanes of at least 4 members (excludes halogenated alkanes) is 1. The first-order valence-corrected chi connectivity index (χ1v) is 4.84. The van der Waals surface area contributed by atoms with Gasteiger partial charge in [0.05, 0.1) is 0 Å². The number of rotatable bonds is 3. The molecule has 0 saturated carbocycles. The molecule has 0 N–H and O–H groups in total. The normalized spacial score (nSPS) is 30.5. The monoisotopic (exact) mass is 172 g/mol. The SMILES string of the molecule is CCCC[C@H]1OC(=S)C[C@@H]1C. The molecule has 0 aromatic rings. The summed E-state index contributed by atoms with van der Waals surface area (Å²) in [6.45, 7) is 4.43. The second kappa shape index (κ2) is 4.05. The van der Waals surface area contributed by atoms with E-state index in [1.54, 1.807) is 0 Å². The molecule has 11 heavy (non-hydrogen) atoms. The predicted molar refractivity (Wildman–Crippen MR) is 50.8 cm³/mol. The first-order valence-electron chi connectivity index (χ1n) is 4.43. The van der Waals surface area contributed by atoms with Crippen LogP contribution in [0.4, 0.5) is 0 Å². The van der Waals surface area contributed by atoms with Crippen LogP contribution in [0.2, 0.25) is 0 Å². The fourth-order valence-corrected chi connectivity index (χ4v) is 1.86. The highest BCUT2D eigenvalue weighted by Gasteiger charge is 2.27. The van der Waals surface area contributed by atoms with Crippen LogP contribution in [0.5, 0.6) is 0 Å². The van der Waals surface area contributed by atoms with Crippen LogP contribution < -0.4 is 0 Å². The molecule has 0 aromatic heterocycles. The van der Waals surface area contributed by atoms with Crippen molar-refractivity contribution in [1.82, 2.24) is 0 Å². The van der Waals surface area contributed by atoms with Crippen molar-refractivity contribution in [2.75, 3.05) is 0 Å². The van der Waals surface area contributed by atoms with Crippen molar-refractivity contribution in [1.29, 1.82) is 0 Å². The van der Waals surface area contributed by atoms with Gasteiger partial charge in [-0.05, 0) is 18.6 Å². The highest BCUT2D eigenvalue weighted by atomic mass is 32.1. The molecule has 1 rings (SSSR count). The molecule has 0 aliphatic carbocycles. The van der Waals surface area contributed by atoms with Gasteiger partial charge in [0, 0.05) is 12.3 Å². The summed E-state index contributed by atoms with van der Waals surface area (Å²) >= 11 is 5.00. The molecule has 1 aliphatic rings. The lowest BCUT2D eigenvalue weighted by Crippen LogP contribution is -2.12. The molecule has 0 amide bonds. The van der Waals surface area contributed by atoms with E-state index in [-0.39, 0.29) is 0 Å². The van der Waals surface area contributed by atoms with Crippen molar-refractivity contribution in [3.8, 4) is 0 Å². The zero-order valence-corrected chi connectivity index (χ0v) is 8.12. The van der Waals surface area contributed by atoms with Crippen molar-refractivity contribution >= 4 is 17.3 Å². The average molecular weight is 172 g/mol. The lowest BCUT2D eigenvalue weighted by molar-refractivity contribution is 0.170. The minimum absolute atomic E-state index is 0.419. The number of hydrogen-bond acceptors (Lipinski definition) is 2. The first kappa shape index (κ1) is 8.98. The Kier molecular flexibility index (Phi) is 3.31. The first-order chi connectivity index (χ1) is 5.24. The third-order valence-corrected chi connectivity index (χ3v) is 2.51. The third-order valence-electron chi connectivity index (χ3n) is 2.25. The molecular formula is C9H16OS. The largest absolute Gasteiger partial charge is 0.484 e. The molecule has 64 valence electrons. The molecule has 2 heteroatoms. The lowest BCUT2D eigenvalue weighted by atomic mass is 10.00. The van der Waals surface area contributed by atoms with E-state index >= 15 is 0 Å². The van der Waals surface area contributed by atoms with Crippen LogP contribution in [0.15, 0.2) is 0 Å². The molecule has 1 saturated heterocycles. The molecule has 0 unspecified atom stereocenters. The van der Waals surface area contributed by atoms with Crippen molar-refractivity contribution in [2.45, 2.75) is 45.6 Å². The second-order valence-corrected chi connectivity index (χ2v) is 3.81. The van der Waals surface area contributed by atoms with Gasteiger partial charge in [-0.2, -0.15) is 0 Å². The molecular weight excluding hydrogens is 156 g/mol. The minimum atomic E-state index is 0.419. The van der Waals surface area contributed by atoms with E-state index in [9.17, 15) is 0 Å². The van der Waals surface area contributed by atoms with Gasteiger partial charge in [0.1, 0.15) is 6.10 Å². The van der Waals surface area contributed by atoms with Crippen molar-refractivity contribution in [3.05, 3.63) is 0 Å². The summed E-state index contributed by atoms with van der Waals surface area (Å²) < 4.78 is 5.51. The summed E-state index contributed by atoms with van der Waals surface area (Å²) in [6.07, 6.45) is 5.10. The summed E-state index contributed by atoms with van der Waals surface area (Å²) in [5.74, 6) is 0.647. The van der Waals surface area contributed by atoms with Gasteiger partial charge in [-0.1, -0.05) is 26.7 Å². The van der Waals surface area contributed by atoms with E-state index in [2.05, 4.69) is 13.8 Å². The van der Waals surface area contributed by atoms with Crippen LogP contribution in [0.1, 0.15) is 39.5 Å². The predicted octanol–water partition coefficient (Wildman–Crippen LogP) is 2.93. The van der Waals surface area contributed by atoms with E-state index in [0.717, 1.165) is 11.5 Å². The van der Waals surface area contributed by atoms with Crippen LogP contribution in [-0.2, 0) is 4.74 Å². The summed E-state index contributed by atoms with van der Waals surface area (Å²) in [7, 11) is 0. The van der Waals surface area contributed by atoms with Gasteiger partial charge in [-0.3, -0.25) is 0 Å². The van der Waals surface area contributed by atoms with Gasteiger partial charge in [-0.25, -0.2) is 0 Å². The number of ether oxygens (including phenoxy) is 1. The Bertz CT molecular complexity index is 144. The summed E-state index contributed by atoms with van der Waals surface area (Å²) in [6, 6.07) is 0. The van der Waals surface area contributed by atoms with Gasteiger partial charge in [0.15, 0.2) is 5.05 Å². The fourth-order valence-electron chi connectivity index (χ4n) is 1.48. The molecule has 0 radical (unpaired) electrons. The van der Waals surface area contributed by atoms with Crippen molar-refractivity contribution in [2.24, 2.45) is 5.92 Å². The Labute approximate surface area is 74.1 Å². The number of thiocarbonyl (C=S) groups is 1. The molecule has 2 atom stereocenters. The maximum absolute atomic E-state index is 5.51. The third kappa shape index (κ3) is 2.44. The highest BCUT2D eigenvalue weighted by molar-refractivity contribution is 7.80. The minimum Gasteiger partial charge on any atom is -0.484 e. The van der Waals surface area contributed by atoms with Crippen molar-refractivity contribution < 1.29 is 4.74 Å². The van der Waals surface area contributed by atoms with Gasteiger partial charge in [-0.15, -0.1) is 0 Å². The van der Waals surface area contributed by atoms with Gasteiger partial charge < -0.3 is 4.74 Å². The lowest BCUT2D eigenvalue weighted by Gasteiger charge is -2.12. The summed E-state index contributed by atoms with van der Waals surface area (Å²) in [5, 5.41) is 0.818. The van der Waals surface area contributed by atoms with Crippen LogP contribution in [-0.4, -0.2) is 11.2 Å². The number of hydrogen-bond donors (Lipinski definition) is 0. The molecule has 1 fully saturated rings. The Balaban J connectivity index is 2.28. The van der Waals surface area contributed by atoms with Crippen LogP contribution >= 0.6 is 12.2 Å². The van der Waals surface area contributed by atoms with Gasteiger partial charge in [0.25, 0.3) is 0 Å². The molecule has 1 aliphatic heterocycles. The Morgan fingerprint density at radius 1 is 1.64 bits per heavy atom. The quantitative estimate of drug-likeness (QED) is 0.605. The summed E-state index contributed by atoms with van der Waals surface area (Å²) in [5.41, 5.74) is 0. The van der Waals surface area contributed by atoms with E-state index in [1.165, 1.54) is 19.3 Å². The van der Waals surface area contributed by atoms with Crippen molar-refractivity contribution in [3.63, 3.8) is 0 Å². The zero-order chi connectivity index (χ0) is 8.27. The van der Waals surface area contributed by atoms with Crippen LogP contribution in [0, 0.1) is 5.92 Å². The Morgan fingerprint density at radius 3 is 2.82 bits per heavy atom. The standard InChI is InChI=1S/C9H16OS/c1-3-4-5-8-7(2)6-9(11)10-8/h7-8H,3-6H2,1-2H3/t7-,8+/m0/s1. The Hall–Kier alpha value is -0.110. The van der Waals surface area contributed by atoms with E-state index in [4.69, 9.17) is 17.0 Å². The maximum Gasteiger partial charge on any atom is 0.160 e. The topological polar surface area (TPSA) is 9.23 Å². The second-order valence-electron chi connectivity index (χ2n) is 3.35. The van der Waals surface area contributed by atoms with Gasteiger partial charge in [0.2, 0.25) is 0 Å². The van der Waals surface area contributed by atoms with E-state index < -0.39 is 0 Å². The van der Waals surface area contributed by atoms with Crippen LogP contribution in [0.25, 0.3) is 0 Å². The highest BCUT2D eigenvalue weighted by Crippen LogP contribution is 2.26. The summed E-state index contributed by atoms with van der Waals surface area (Å²) in [4.78, 5) is 0. The van der Waals surface area contributed by atoms with E-state index in [0.29, 0.717) is 12.0 Å². The van der Waals surface area contributed by atoms with E-state index in [1.807, 2.05) is 0 Å². The Morgan fingerprint density at radius 2 is 2.36 bits per heavy atom. The van der Waals surface area contributed by atoms with Gasteiger partial charge >= 0.3 is 0 Å². The molecule has 0 aromatic carbocycles. The molecule has 1 nitrogen and oxygen atoms in total. The smallest absolute Gasteiger partial charge is 0.160 e. The maximum atomic E-state index is 5.51. The molecule has 0 bridgehead atoms.